The maximum absolute atomic E-state index is 11.8. The van der Waals surface area contributed by atoms with E-state index in [0.29, 0.717) is 16.5 Å². The Morgan fingerprint density at radius 3 is 2.94 bits per heavy atom. The van der Waals surface area contributed by atoms with Crippen molar-refractivity contribution in [2.24, 2.45) is 0 Å². The lowest BCUT2D eigenvalue weighted by Crippen LogP contribution is -2.37. The molecule has 1 saturated heterocycles. The smallest absolute Gasteiger partial charge is 0.224 e. The molecule has 2 N–H and O–H groups in total. The Kier molecular flexibility index (Phi) is 4.26. The van der Waals surface area contributed by atoms with E-state index in [2.05, 4.69) is 10.6 Å². The van der Waals surface area contributed by atoms with Crippen molar-refractivity contribution in [1.29, 1.82) is 0 Å². The molecule has 0 aliphatic carbocycles. The van der Waals surface area contributed by atoms with E-state index < -0.39 is 0 Å². The van der Waals surface area contributed by atoms with Crippen molar-refractivity contribution in [2.75, 3.05) is 13.1 Å². The summed E-state index contributed by atoms with van der Waals surface area (Å²) in [4.78, 5) is 11.8. The Morgan fingerprint density at radius 1 is 1.47 bits per heavy atom. The zero-order valence-electron chi connectivity index (χ0n) is 9.30. The number of hydrogen-bond donors (Lipinski definition) is 2. The maximum Gasteiger partial charge on any atom is 0.224 e. The largest absolute Gasteiger partial charge is 0.352 e. The van der Waals surface area contributed by atoms with Gasteiger partial charge in [0.15, 0.2) is 0 Å². The molecule has 1 aromatic rings. The molecule has 0 aromatic heterocycles. The van der Waals surface area contributed by atoms with Gasteiger partial charge in [-0.3, -0.25) is 4.79 Å². The molecule has 1 aliphatic rings. The average Bonchev–Trinajstić information content (AvgIpc) is 2.75. The second kappa shape index (κ2) is 5.71. The highest BCUT2D eigenvalue weighted by atomic mass is 35.5. The molecule has 1 unspecified atom stereocenters. The van der Waals surface area contributed by atoms with Crippen molar-refractivity contribution < 1.29 is 4.79 Å². The Balaban J connectivity index is 1.93. The monoisotopic (exact) mass is 272 g/mol. The van der Waals surface area contributed by atoms with E-state index in [1.165, 1.54) is 0 Å². The molecule has 1 fully saturated rings. The van der Waals surface area contributed by atoms with Crippen LogP contribution in [0.2, 0.25) is 10.0 Å². The normalized spacial score (nSPS) is 19.3. The summed E-state index contributed by atoms with van der Waals surface area (Å²) in [5.41, 5.74) is 0.805. The summed E-state index contributed by atoms with van der Waals surface area (Å²) in [7, 11) is 0. The zero-order valence-corrected chi connectivity index (χ0v) is 10.8. The molecular weight excluding hydrogens is 259 g/mol. The lowest BCUT2D eigenvalue weighted by atomic mass is 10.1. The third-order valence-electron chi connectivity index (χ3n) is 2.79. The summed E-state index contributed by atoms with van der Waals surface area (Å²) in [5.74, 6) is 0.00271. The predicted molar refractivity (Wildman–Crippen MR) is 69.6 cm³/mol. The van der Waals surface area contributed by atoms with Crippen molar-refractivity contribution >= 4 is 29.1 Å². The molecule has 0 spiro atoms. The molecule has 0 bridgehead atoms. The van der Waals surface area contributed by atoms with Gasteiger partial charge >= 0.3 is 0 Å². The van der Waals surface area contributed by atoms with Gasteiger partial charge in [-0.05, 0) is 30.7 Å². The van der Waals surface area contributed by atoms with Crippen molar-refractivity contribution in [2.45, 2.75) is 18.9 Å². The first-order chi connectivity index (χ1) is 8.15. The summed E-state index contributed by atoms with van der Waals surface area (Å²) in [5, 5.41) is 7.30. The summed E-state index contributed by atoms with van der Waals surface area (Å²) >= 11 is 11.8. The van der Waals surface area contributed by atoms with Crippen LogP contribution in [0.3, 0.4) is 0 Å². The summed E-state index contributed by atoms with van der Waals surface area (Å²) < 4.78 is 0. The van der Waals surface area contributed by atoms with Gasteiger partial charge in [0.25, 0.3) is 0 Å². The molecule has 1 heterocycles. The molecule has 2 rings (SSSR count). The lowest BCUT2D eigenvalue weighted by Gasteiger charge is -2.11. The van der Waals surface area contributed by atoms with E-state index in [-0.39, 0.29) is 11.9 Å². The fourth-order valence-corrected chi connectivity index (χ4v) is 2.37. The minimum absolute atomic E-state index is 0.00271. The SMILES string of the molecule is O=C(Cc1ccc(Cl)cc1Cl)NC1CCNC1. The van der Waals surface area contributed by atoms with Crippen LogP contribution in [0.4, 0.5) is 0 Å². The minimum Gasteiger partial charge on any atom is -0.352 e. The molecule has 1 amide bonds. The number of benzene rings is 1. The van der Waals surface area contributed by atoms with Gasteiger partial charge in [-0.25, -0.2) is 0 Å². The predicted octanol–water partition coefficient (Wildman–Crippen LogP) is 2.01. The summed E-state index contributed by atoms with van der Waals surface area (Å²) in [6.45, 7) is 1.81. The Morgan fingerprint density at radius 2 is 2.29 bits per heavy atom. The third kappa shape index (κ3) is 3.60. The van der Waals surface area contributed by atoms with Crippen molar-refractivity contribution in [3.8, 4) is 0 Å². The highest BCUT2D eigenvalue weighted by Gasteiger charge is 2.17. The van der Waals surface area contributed by atoms with Crippen LogP contribution in [0.1, 0.15) is 12.0 Å². The summed E-state index contributed by atoms with van der Waals surface area (Å²) in [6.07, 6.45) is 1.28. The van der Waals surface area contributed by atoms with E-state index >= 15 is 0 Å². The number of carbonyl (C=O) groups is 1. The minimum atomic E-state index is 0.00271. The number of nitrogens with one attached hydrogen (secondary N) is 2. The van der Waals surface area contributed by atoms with E-state index in [1.807, 2.05) is 0 Å². The molecule has 1 atom stereocenters. The average molecular weight is 273 g/mol. The first kappa shape index (κ1) is 12.7. The molecule has 1 aliphatic heterocycles. The number of hydrogen-bond acceptors (Lipinski definition) is 2. The van der Waals surface area contributed by atoms with Crippen molar-refractivity contribution in [3.05, 3.63) is 33.8 Å². The number of carbonyl (C=O) groups excluding carboxylic acids is 1. The fourth-order valence-electron chi connectivity index (χ4n) is 1.89. The highest BCUT2D eigenvalue weighted by Crippen LogP contribution is 2.21. The van der Waals surface area contributed by atoms with E-state index in [0.717, 1.165) is 25.1 Å². The second-order valence-electron chi connectivity index (χ2n) is 4.17. The van der Waals surface area contributed by atoms with Gasteiger partial charge in [-0.1, -0.05) is 29.3 Å². The second-order valence-corrected chi connectivity index (χ2v) is 5.01. The van der Waals surface area contributed by atoms with Crippen LogP contribution in [0.25, 0.3) is 0 Å². The van der Waals surface area contributed by atoms with E-state index in [4.69, 9.17) is 23.2 Å². The quantitative estimate of drug-likeness (QED) is 0.884. The topological polar surface area (TPSA) is 41.1 Å². The maximum atomic E-state index is 11.8. The highest BCUT2D eigenvalue weighted by molar-refractivity contribution is 6.35. The number of halogens is 2. The van der Waals surface area contributed by atoms with Crippen LogP contribution >= 0.6 is 23.2 Å². The van der Waals surface area contributed by atoms with Crippen molar-refractivity contribution in [3.63, 3.8) is 0 Å². The van der Waals surface area contributed by atoms with Gasteiger partial charge in [0.1, 0.15) is 0 Å². The van der Waals surface area contributed by atoms with Gasteiger partial charge in [0.05, 0.1) is 6.42 Å². The van der Waals surface area contributed by atoms with E-state index in [1.54, 1.807) is 18.2 Å². The third-order valence-corrected chi connectivity index (χ3v) is 3.38. The van der Waals surface area contributed by atoms with Crippen LogP contribution < -0.4 is 10.6 Å². The zero-order chi connectivity index (χ0) is 12.3. The van der Waals surface area contributed by atoms with Crippen molar-refractivity contribution in [1.82, 2.24) is 10.6 Å². The van der Waals surface area contributed by atoms with Crippen LogP contribution in [0.15, 0.2) is 18.2 Å². The fraction of sp³-hybridized carbons (Fsp3) is 0.417. The lowest BCUT2D eigenvalue weighted by molar-refractivity contribution is -0.121. The molecule has 5 heteroatoms. The number of rotatable bonds is 3. The Labute approximate surface area is 110 Å². The first-order valence-corrected chi connectivity index (χ1v) is 6.35. The molecule has 0 radical (unpaired) electrons. The first-order valence-electron chi connectivity index (χ1n) is 5.59. The Hall–Kier alpha value is -0.770. The van der Waals surface area contributed by atoms with E-state index in [9.17, 15) is 4.79 Å². The van der Waals surface area contributed by atoms with Crippen LogP contribution in [-0.4, -0.2) is 25.0 Å². The molecule has 1 aromatic carbocycles. The molecule has 17 heavy (non-hydrogen) atoms. The standard InChI is InChI=1S/C12H14Cl2N2O/c13-9-2-1-8(11(14)6-9)5-12(17)16-10-3-4-15-7-10/h1-2,6,10,15H,3-5,7H2,(H,16,17). The van der Waals surface area contributed by atoms with Crippen LogP contribution in [0, 0.1) is 0 Å². The van der Waals surface area contributed by atoms with Gasteiger partial charge in [-0.2, -0.15) is 0 Å². The van der Waals surface area contributed by atoms with Crippen LogP contribution in [0.5, 0.6) is 0 Å². The Bertz CT molecular complexity index is 417. The molecule has 92 valence electrons. The van der Waals surface area contributed by atoms with Gasteiger partial charge in [0.2, 0.25) is 5.91 Å². The van der Waals surface area contributed by atoms with Crippen LogP contribution in [-0.2, 0) is 11.2 Å². The molecule has 0 saturated carbocycles. The van der Waals surface area contributed by atoms with Gasteiger partial charge in [0, 0.05) is 22.6 Å². The summed E-state index contributed by atoms with van der Waals surface area (Å²) in [6, 6.07) is 5.43. The van der Waals surface area contributed by atoms with Gasteiger partial charge < -0.3 is 10.6 Å². The molecular formula is C12H14Cl2N2O. The number of amides is 1. The molecule has 3 nitrogen and oxygen atoms in total. The van der Waals surface area contributed by atoms with Gasteiger partial charge in [-0.15, -0.1) is 0 Å².